The minimum Gasteiger partial charge on any atom is -0.393 e. The third kappa shape index (κ3) is 17.7. The molecule has 2 N–H and O–H groups in total. The van der Waals surface area contributed by atoms with Gasteiger partial charge in [-0.2, -0.15) is 8.42 Å². The van der Waals surface area contributed by atoms with E-state index in [2.05, 4.69) is 6.92 Å². The summed E-state index contributed by atoms with van der Waals surface area (Å²) in [6.07, 6.45) is 19.7. The zero-order chi connectivity index (χ0) is 20.4. The number of aliphatic hydroxyl groups excluding tert-OH is 1. The lowest BCUT2D eigenvalue weighted by Gasteiger charge is -2.11. The van der Waals surface area contributed by atoms with Gasteiger partial charge >= 0.3 is 0 Å². The molecule has 164 valence electrons. The Labute approximate surface area is 169 Å². The van der Waals surface area contributed by atoms with Gasteiger partial charge in [0.2, 0.25) is 0 Å². The molecule has 0 saturated heterocycles. The summed E-state index contributed by atoms with van der Waals surface area (Å²) in [5.74, 6) is 0. The Bertz CT molecular complexity index is 409. The Morgan fingerprint density at radius 1 is 0.630 bits per heavy atom. The van der Waals surface area contributed by atoms with E-state index in [-0.39, 0.29) is 6.10 Å². The number of hydrogen-bond donors (Lipinski definition) is 2. The van der Waals surface area contributed by atoms with Crippen LogP contribution in [0.4, 0.5) is 0 Å². The van der Waals surface area contributed by atoms with Crippen molar-refractivity contribution in [2.24, 2.45) is 0 Å². The fraction of sp³-hybridized carbons (Fsp3) is 1.00. The molecule has 27 heavy (non-hydrogen) atoms. The Kier molecular flexibility index (Phi) is 17.8. The summed E-state index contributed by atoms with van der Waals surface area (Å²) in [5, 5.41) is 9.36. The molecule has 2 atom stereocenters. The molecule has 0 aromatic rings. The molecule has 0 heterocycles. The van der Waals surface area contributed by atoms with Gasteiger partial charge < -0.3 is 5.11 Å². The fourth-order valence-electron chi connectivity index (χ4n) is 3.68. The molecule has 4 nitrogen and oxygen atoms in total. The van der Waals surface area contributed by atoms with Gasteiger partial charge in [-0.05, 0) is 25.7 Å². The van der Waals surface area contributed by atoms with Crippen molar-refractivity contribution in [2.45, 2.75) is 141 Å². The molecule has 2 unspecified atom stereocenters. The lowest BCUT2D eigenvalue weighted by molar-refractivity contribution is 0.147. The number of aliphatic hydroxyl groups is 1. The van der Waals surface area contributed by atoms with E-state index in [4.69, 9.17) is 4.55 Å². The maximum atomic E-state index is 11.1. The van der Waals surface area contributed by atoms with Crippen LogP contribution in [0, 0.1) is 0 Å². The van der Waals surface area contributed by atoms with E-state index in [0.29, 0.717) is 12.8 Å². The van der Waals surface area contributed by atoms with Crippen molar-refractivity contribution < 1.29 is 18.1 Å². The average Bonchev–Trinajstić information content (AvgIpc) is 2.61. The van der Waals surface area contributed by atoms with Gasteiger partial charge in [0, 0.05) is 0 Å². The quantitative estimate of drug-likeness (QED) is 0.175. The monoisotopic (exact) mass is 406 g/mol. The maximum Gasteiger partial charge on any atom is 0.267 e. The third-order valence-corrected chi connectivity index (χ3v) is 6.99. The van der Waals surface area contributed by atoms with Crippen LogP contribution in [-0.4, -0.2) is 29.4 Å². The SMILES string of the molecule is CCCCCCC(O)CCCCCCCCCCCCC(CC)S(=O)(=O)O. The molecular weight excluding hydrogens is 360 g/mol. The van der Waals surface area contributed by atoms with E-state index in [1.807, 2.05) is 6.92 Å². The van der Waals surface area contributed by atoms with E-state index < -0.39 is 15.4 Å². The van der Waals surface area contributed by atoms with Crippen LogP contribution in [0.1, 0.15) is 129 Å². The summed E-state index contributed by atoms with van der Waals surface area (Å²) in [5.41, 5.74) is 0. The van der Waals surface area contributed by atoms with Gasteiger partial charge in [-0.25, -0.2) is 0 Å². The minimum atomic E-state index is -3.86. The first-order valence-electron chi connectivity index (χ1n) is 11.6. The van der Waals surface area contributed by atoms with Crippen molar-refractivity contribution in [2.75, 3.05) is 0 Å². The van der Waals surface area contributed by atoms with Crippen LogP contribution in [0.25, 0.3) is 0 Å². The van der Waals surface area contributed by atoms with Crippen LogP contribution in [-0.2, 0) is 10.1 Å². The predicted molar refractivity (Wildman–Crippen MR) is 116 cm³/mol. The van der Waals surface area contributed by atoms with Crippen molar-refractivity contribution in [3.05, 3.63) is 0 Å². The summed E-state index contributed by atoms with van der Waals surface area (Å²) >= 11 is 0. The highest BCUT2D eigenvalue weighted by Gasteiger charge is 2.19. The molecule has 0 aromatic heterocycles. The summed E-state index contributed by atoms with van der Waals surface area (Å²) in [7, 11) is -3.86. The van der Waals surface area contributed by atoms with Crippen LogP contribution in [0.3, 0.4) is 0 Å². The van der Waals surface area contributed by atoms with Gasteiger partial charge in [0.25, 0.3) is 10.1 Å². The van der Waals surface area contributed by atoms with Crippen molar-refractivity contribution in [1.29, 1.82) is 0 Å². The normalized spacial score (nSPS) is 14.4. The Morgan fingerprint density at radius 3 is 1.37 bits per heavy atom. The van der Waals surface area contributed by atoms with Crippen molar-refractivity contribution in [3.8, 4) is 0 Å². The third-order valence-electron chi connectivity index (χ3n) is 5.58. The van der Waals surface area contributed by atoms with Crippen LogP contribution in [0.2, 0.25) is 0 Å². The fourth-order valence-corrected chi connectivity index (χ4v) is 4.57. The van der Waals surface area contributed by atoms with E-state index in [0.717, 1.165) is 38.5 Å². The molecule has 0 rings (SSSR count). The molecule has 0 bridgehead atoms. The Morgan fingerprint density at radius 2 is 1.00 bits per heavy atom. The molecule has 5 heteroatoms. The minimum absolute atomic E-state index is 0.0880. The second-order valence-corrected chi connectivity index (χ2v) is 9.86. The first-order chi connectivity index (χ1) is 12.9. The van der Waals surface area contributed by atoms with Gasteiger partial charge in [-0.15, -0.1) is 0 Å². The molecule has 0 amide bonds. The Balaban J connectivity index is 3.31. The van der Waals surface area contributed by atoms with E-state index in [1.165, 1.54) is 64.2 Å². The number of rotatable bonds is 20. The molecule has 0 radical (unpaired) electrons. The maximum absolute atomic E-state index is 11.1. The average molecular weight is 407 g/mol. The van der Waals surface area contributed by atoms with Crippen molar-refractivity contribution >= 4 is 10.1 Å². The van der Waals surface area contributed by atoms with Gasteiger partial charge in [0.1, 0.15) is 0 Å². The second-order valence-electron chi connectivity index (χ2n) is 8.16. The van der Waals surface area contributed by atoms with Gasteiger partial charge in [-0.3, -0.25) is 4.55 Å². The largest absolute Gasteiger partial charge is 0.393 e. The first-order valence-corrected chi connectivity index (χ1v) is 13.1. The summed E-state index contributed by atoms with van der Waals surface area (Å²) in [6, 6.07) is 0. The molecule has 0 saturated carbocycles. The summed E-state index contributed by atoms with van der Waals surface area (Å²) < 4.78 is 31.3. The van der Waals surface area contributed by atoms with Gasteiger partial charge in [-0.1, -0.05) is 104 Å². The molecule has 0 aliphatic heterocycles. The summed E-state index contributed by atoms with van der Waals surface area (Å²) in [6.45, 7) is 4.03. The second kappa shape index (κ2) is 17.9. The Hall–Kier alpha value is -0.130. The van der Waals surface area contributed by atoms with E-state index >= 15 is 0 Å². The first kappa shape index (κ1) is 26.9. The molecular formula is C22H46O4S. The van der Waals surface area contributed by atoms with Gasteiger partial charge in [0.05, 0.1) is 11.4 Å². The smallest absolute Gasteiger partial charge is 0.267 e. The summed E-state index contributed by atoms with van der Waals surface area (Å²) in [4.78, 5) is 0. The van der Waals surface area contributed by atoms with Crippen LogP contribution >= 0.6 is 0 Å². The van der Waals surface area contributed by atoms with Crippen molar-refractivity contribution in [3.63, 3.8) is 0 Å². The molecule has 0 fully saturated rings. The molecule has 0 aliphatic carbocycles. The molecule has 0 aliphatic rings. The zero-order valence-electron chi connectivity index (χ0n) is 18.0. The zero-order valence-corrected chi connectivity index (χ0v) is 18.8. The highest BCUT2D eigenvalue weighted by atomic mass is 32.2. The highest BCUT2D eigenvalue weighted by molar-refractivity contribution is 7.86. The number of unbranched alkanes of at least 4 members (excludes halogenated alkanes) is 12. The van der Waals surface area contributed by atoms with E-state index in [9.17, 15) is 13.5 Å². The topological polar surface area (TPSA) is 74.6 Å². The van der Waals surface area contributed by atoms with Crippen LogP contribution in [0.15, 0.2) is 0 Å². The standard InChI is InChI=1S/C22H46O4S/c1-3-5-6-15-18-21(23)19-16-13-11-9-7-8-10-12-14-17-20-22(4-2)27(24,25)26/h21-23H,3-20H2,1-2H3,(H,24,25,26). The molecule has 0 spiro atoms. The van der Waals surface area contributed by atoms with Gasteiger partial charge in [0.15, 0.2) is 0 Å². The molecule has 0 aromatic carbocycles. The lowest BCUT2D eigenvalue weighted by atomic mass is 10.0. The highest BCUT2D eigenvalue weighted by Crippen LogP contribution is 2.17. The van der Waals surface area contributed by atoms with Crippen LogP contribution in [0.5, 0.6) is 0 Å². The number of hydrogen-bond acceptors (Lipinski definition) is 3. The van der Waals surface area contributed by atoms with Crippen LogP contribution < -0.4 is 0 Å². The lowest BCUT2D eigenvalue weighted by Crippen LogP contribution is -2.19. The predicted octanol–water partition coefficient (Wildman–Crippen LogP) is 6.67. The van der Waals surface area contributed by atoms with Crippen molar-refractivity contribution in [1.82, 2.24) is 0 Å². The van der Waals surface area contributed by atoms with E-state index in [1.54, 1.807) is 0 Å².